The first-order chi connectivity index (χ1) is 6.75. The van der Waals surface area contributed by atoms with Crippen molar-refractivity contribution in [2.24, 2.45) is 0 Å². The third-order valence-corrected chi connectivity index (χ3v) is 3.00. The molecule has 1 saturated carbocycles. The number of carboxylic acid groups (broad SMARTS) is 1. The molecule has 1 heterocycles. The number of nitrogens with zero attached hydrogens (tertiary/aromatic N) is 1. The van der Waals surface area contributed by atoms with E-state index in [9.17, 15) is 4.79 Å². The minimum absolute atomic E-state index is 0.167. The van der Waals surface area contributed by atoms with Gasteiger partial charge in [-0.1, -0.05) is 0 Å². The van der Waals surface area contributed by atoms with Crippen LogP contribution in [0.5, 0.6) is 0 Å². The normalized spacial score (nSPS) is 33.4. The Morgan fingerprint density at radius 1 is 1.36 bits per heavy atom. The van der Waals surface area contributed by atoms with Crippen LogP contribution in [0.1, 0.15) is 12.8 Å². The third kappa shape index (κ3) is 2.16. The molecule has 0 aromatic heterocycles. The number of amides is 1. The van der Waals surface area contributed by atoms with E-state index in [4.69, 9.17) is 9.84 Å². The second kappa shape index (κ2) is 4.14. The van der Waals surface area contributed by atoms with Gasteiger partial charge in [0.25, 0.3) is 0 Å². The van der Waals surface area contributed by atoms with Crippen molar-refractivity contribution in [2.45, 2.75) is 24.9 Å². The fourth-order valence-corrected chi connectivity index (χ4v) is 2.12. The molecule has 1 amide bonds. The average molecular weight is 200 g/mol. The summed E-state index contributed by atoms with van der Waals surface area (Å²) in [6, 6.07) is 0.732. The highest BCUT2D eigenvalue weighted by molar-refractivity contribution is 5.65. The van der Waals surface area contributed by atoms with Gasteiger partial charge in [-0.3, -0.25) is 4.90 Å². The molecule has 5 heteroatoms. The van der Waals surface area contributed by atoms with Crippen molar-refractivity contribution in [1.29, 1.82) is 0 Å². The van der Waals surface area contributed by atoms with Gasteiger partial charge in [-0.15, -0.1) is 0 Å². The van der Waals surface area contributed by atoms with Crippen LogP contribution in [0.3, 0.4) is 0 Å². The zero-order chi connectivity index (χ0) is 9.97. The number of ether oxygens (including phenoxy) is 1. The lowest BCUT2D eigenvalue weighted by Gasteiger charge is -2.44. The van der Waals surface area contributed by atoms with E-state index in [-0.39, 0.29) is 6.04 Å². The molecule has 0 unspecified atom stereocenters. The largest absolute Gasteiger partial charge is 0.465 e. The molecular weight excluding hydrogens is 184 g/mol. The Hall–Kier alpha value is -0.810. The smallest absolute Gasteiger partial charge is 0.404 e. The van der Waals surface area contributed by atoms with Crippen LogP contribution >= 0.6 is 0 Å². The molecule has 0 radical (unpaired) electrons. The Bertz CT molecular complexity index is 210. The van der Waals surface area contributed by atoms with Crippen LogP contribution in [0, 0.1) is 0 Å². The van der Waals surface area contributed by atoms with Gasteiger partial charge in [-0.2, -0.15) is 0 Å². The van der Waals surface area contributed by atoms with Crippen molar-refractivity contribution in [1.82, 2.24) is 10.2 Å². The summed E-state index contributed by atoms with van der Waals surface area (Å²) in [5.41, 5.74) is 0. The maximum absolute atomic E-state index is 10.3. The predicted octanol–water partition coefficient (Wildman–Crippen LogP) is 0.117. The number of morpholine rings is 1. The molecule has 1 aliphatic carbocycles. The number of nitrogens with one attached hydrogen (secondary N) is 1. The molecule has 80 valence electrons. The summed E-state index contributed by atoms with van der Waals surface area (Å²) in [7, 11) is 0. The standard InChI is InChI=1S/C9H16N2O3/c12-9(13)10-7-5-8(6-7)11-1-3-14-4-2-11/h7-8,10H,1-6H2,(H,12,13)/t7-,8+. The second-order valence-electron chi connectivity index (χ2n) is 3.92. The molecule has 0 aromatic rings. The van der Waals surface area contributed by atoms with Crippen molar-refractivity contribution in [3.05, 3.63) is 0 Å². The quantitative estimate of drug-likeness (QED) is 0.664. The number of hydrogen-bond donors (Lipinski definition) is 2. The Labute approximate surface area is 83.0 Å². The van der Waals surface area contributed by atoms with Crippen LogP contribution in [0.15, 0.2) is 0 Å². The van der Waals surface area contributed by atoms with E-state index in [0.717, 1.165) is 39.1 Å². The first kappa shape index (κ1) is 9.73. The van der Waals surface area contributed by atoms with Crippen LogP contribution < -0.4 is 5.32 Å². The van der Waals surface area contributed by atoms with Gasteiger partial charge < -0.3 is 15.2 Å². The van der Waals surface area contributed by atoms with E-state index in [1.807, 2.05) is 0 Å². The molecule has 0 bridgehead atoms. The number of rotatable bonds is 2. The monoisotopic (exact) mass is 200 g/mol. The lowest BCUT2D eigenvalue weighted by Crippen LogP contribution is -2.56. The first-order valence-corrected chi connectivity index (χ1v) is 5.07. The fourth-order valence-electron chi connectivity index (χ4n) is 2.12. The van der Waals surface area contributed by atoms with Crippen molar-refractivity contribution >= 4 is 6.09 Å². The molecule has 2 aliphatic rings. The van der Waals surface area contributed by atoms with Gasteiger partial charge in [-0.25, -0.2) is 4.79 Å². The zero-order valence-electron chi connectivity index (χ0n) is 8.11. The lowest BCUT2D eigenvalue weighted by atomic mass is 9.85. The van der Waals surface area contributed by atoms with Crippen molar-refractivity contribution in [2.75, 3.05) is 26.3 Å². The van der Waals surface area contributed by atoms with E-state index in [2.05, 4.69) is 10.2 Å². The Kier molecular flexibility index (Phi) is 2.88. The maximum Gasteiger partial charge on any atom is 0.404 e. The van der Waals surface area contributed by atoms with Gasteiger partial charge in [0.15, 0.2) is 0 Å². The topological polar surface area (TPSA) is 61.8 Å². The SMILES string of the molecule is O=C(O)N[C@H]1C[C@@H](N2CCOCC2)C1. The zero-order valence-corrected chi connectivity index (χ0v) is 8.11. The van der Waals surface area contributed by atoms with Crippen LogP contribution in [-0.4, -0.2) is 54.5 Å². The highest BCUT2D eigenvalue weighted by atomic mass is 16.5. The molecule has 0 aromatic carbocycles. The van der Waals surface area contributed by atoms with Crippen LogP contribution in [-0.2, 0) is 4.74 Å². The molecule has 5 nitrogen and oxygen atoms in total. The molecule has 1 saturated heterocycles. The summed E-state index contributed by atoms with van der Waals surface area (Å²) in [4.78, 5) is 12.7. The minimum Gasteiger partial charge on any atom is -0.465 e. The van der Waals surface area contributed by atoms with Crippen molar-refractivity contribution in [3.8, 4) is 0 Å². The highest BCUT2D eigenvalue weighted by Gasteiger charge is 2.34. The van der Waals surface area contributed by atoms with Gasteiger partial charge in [0.05, 0.1) is 13.2 Å². The highest BCUT2D eigenvalue weighted by Crippen LogP contribution is 2.26. The van der Waals surface area contributed by atoms with Gasteiger partial charge in [-0.05, 0) is 12.8 Å². The molecule has 2 fully saturated rings. The van der Waals surface area contributed by atoms with Crippen molar-refractivity contribution in [3.63, 3.8) is 0 Å². The van der Waals surface area contributed by atoms with Crippen LogP contribution in [0.25, 0.3) is 0 Å². The summed E-state index contributed by atoms with van der Waals surface area (Å²) in [5.74, 6) is 0. The first-order valence-electron chi connectivity index (χ1n) is 5.07. The summed E-state index contributed by atoms with van der Waals surface area (Å²) in [6.45, 7) is 3.61. The summed E-state index contributed by atoms with van der Waals surface area (Å²) in [5, 5.41) is 11.0. The van der Waals surface area contributed by atoms with Crippen LogP contribution in [0.4, 0.5) is 4.79 Å². The molecule has 2 rings (SSSR count). The maximum atomic E-state index is 10.3. The van der Waals surface area contributed by atoms with Gasteiger partial charge >= 0.3 is 6.09 Å². The van der Waals surface area contributed by atoms with E-state index in [1.165, 1.54) is 0 Å². The molecule has 1 aliphatic heterocycles. The fraction of sp³-hybridized carbons (Fsp3) is 0.889. The summed E-state index contributed by atoms with van der Waals surface area (Å²) in [6.07, 6.45) is 0.994. The average Bonchev–Trinajstić information content (AvgIpc) is 2.12. The predicted molar refractivity (Wildman–Crippen MR) is 50.4 cm³/mol. The van der Waals surface area contributed by atoms with E-state index in [1.54, 1.807) is 0 Å². The molecule has 2 N–H and O–H groups in total. The van der Waals surface area contributed by atoms with Crippen LogP contribution in [0.2, 0.25) is 0 Å². The molecule has 0 atom stereocenters. The minimum atomic E-state index is -0.907. The lowest BCUT2D eigenvalue weighted by molar-refractivity contribution is -0.00944. The van der Waals surface area contributed by atoms with Gasteiger partial charge in [0.1, 0.15) is 0 Å². The summed E-state index contributed by atoms with van der Waals surface area (Å²) < 4.78 is 5.26. The van der Waals surface area contributed by atoms with Crippen molar-refractivity contribution < 1.29 is 14.6 Å². The Balaban J connectivity index is 1.68. The van der Waals surface area contributed by atoms with Gasteiger partial charge in [0, 0.05) is 25.2 Å². The second-order valence-corrected chi connectivity index (χ2v) is 3.92. The third-order valence-electron chi connectivity index (χ3n) is 3.00. The molecule has 0 spiro atoms. The number of carbonyl (C=O) groups is 1. The molecular formula is C9H16N2O3. The number of hydrogen-bond acceptors (Lipinski definition) is 3. The van der Waals surface area contributed by atoms with E-state index < -0.39 is 6.09 Å². The summed E-state index contributed by atoms with van der Waals surface area (Å²) >= 11 is 0. The van der Waals surface area contributed by atoms with E-state index >= 15 is 0 Å². The van der Waals surface area contributed by atoms with Gasteiger partial charge in [0.2, 0.25) is 0 Å². The Morgan fingerprint density at radius 3 is 2.57 bits per heavy atom. The Morgan fingerprint density at radius 2 is 2.00 bits per heavy atom. The van der Waals surface area contributed by atoms with E-state index in [0.29, 0.717) is 6.04 Å². The molecule has 14 heavy (non-hydrogen) atoms.